The van der Waals surface area contributed by atoms with E-state index in [0.29, 0.717) is 5.92 Å². The van der Waals surface area contributed by atoms with Crippen molar-refractivity contribution in [2.24, 2.45) is 0 Å². The molecule has 2 heteroatoms. The van der Waals surface area contributed by atoms with Crippen molar-refractivity contribution in [3.05, 3.63) is 29.6 Å². The van der Waals surface area contributed by atoms with Crippen molar-refractivity contribution in [3.8, 4) is 0 Å². The zero-order valence-electron chi connectivity index (χ0n) is 8.30. The van der Waals surface area contributed by atoms with Crippen LogP contribution in [0.25, 0.3) is 0 Å². The molecule has 0 saturated heterocycles. The highest BCUT2D eigenvalue weighted by Crippen LogP contribution is 2.33. The molecule has 1 saturated carbocycles. The van der Waals surface area contributed by atoms with Gasteiger partial charge in [-0.25, -0.2) is 4.39 Å². The minimum Gasteiger partial charge on any atom is -0.396 e. The zero-order chi connectivity index (χ0) is 9.97. The lowest BCUT2D eigenvalue weighted by Gasteiger charge is -2.22. The van der Waals surface area contributed by atoms with Crippen LogP contribution in [0.5, 0.6) is 0 Å². The molecule has 0 aromatic heterocycles. The Kier molecular flexibility index (Phi) is 2.71. The molecule has 0 atom stereocenters. The molecular formula is C12H16FN. The lowest BCUT2D eigenvalue weighted by Crippen LogP contribution is -2.05. The fourth-order valence-electron chi connectivity index (χ4n) is 2.25. The van der Waals surface area contributed by atoms with Crippen LogP contribution >= 0.6 is 0 Å². The van der Waals surface area contributed by atoms with Gasteiger partial charge in [0.1, 0.15) is 5.82 Å². The molecule has 0 unspecified atom stereocenters. The average Bonchev–Trinajstić information content (AvgIpc) is 2.23. The number of nitrogen functional groups attached to an aromatic ring is 1. The number of nitrogens with two attached hydrogens (primary N) is 1. The summed E-state index contributed by atoms with van der Waals surface area (Å²) in [6, 6.07) is 5.16. The van der Waals surface area contributed by atoms with Crippen LogP contribution in [0.3, 0.4) is 0 Å². The van der Waals surface area contributed by atoms with Gasteiger partial charge in [-0.1, -0.05) is 25.3 Å². The first-order valence-electron chi connectivity index (χ1n) is 5.32. The van der Waals surface area contributed by atoms with Crippen LogP contribution in [0.1, 0.15) is 43.6 Å². The molecule has 0 heterocycles. The Morgan fingerprint density at radius 1 is 1.14 bits per heavy atom. The molecule has 1 aromatic rings. The van der Waals surface area contributed by atoms with Gasteiger partial charge in [0.05, 0.1) is 5.69 Å². The van der Waals surface area contributed by atoms with Gasteiger partial charge in [0.25, 0.3) is 0 Å². The summed E-state index contributed by atoms with van der Waals surface area (Å²) in [6.45, 7) is 0. The number of hydrogen-bond donors (Lipinski definition) is 1. The summed E-state index contributed by atoms with van der Waals surface area (Å²) in [5, 5.41) is 0. The number of anilines is 1. The van der Waals surface area contributed by atoms with Crippen molar-refractivity contribution in [3.63, 3.8) is 0 Å². The predicted octanol–water partition coefficient (Wildman–Crippen LogP) is 3.46. The largest absolute Gasteiger partial charge is 0.396 e. The molecule has 0 aliphatic heterocycles. The van der Waals surface area contributed by atoms with Crippen LogP contribution in [-0.2, 0) is 0 Å². The minimum atomic E-state index is -0.301. The Morgan fingerprint density at radius 2 is 1.86 bits per heavy atom. The normalized spacial score (nSPS) is 18.4. The molecule has 1 aromatic carbocycles. The molecule has 14 heavy (non-hydrogen) atoms. The molecule has 1 aliphatic rings. The van der Waals surface area contributed by atoms with Crippen molar-refractivity contribution >= 4 is 5.69 Å². The van der Waals surface area contributed by atoms with E-state index in [2.05, 4.69) is 0 Å². The first kappa shape index (κ1) is 9.50. The van der Waals surface area contributed by atoms with E-state index in [4.69, 9.17) is 5.73 Å². The molecule has 0 amide bonds. The van der Waals surface area contributed by atoms with Crippen LogP contribution in [0.2, 0.25) is 0 Å². The van der Waals surface area contributed by atoms with Gasteiger partial charge in [-0.2, -0.15) is 0 Å². The Morgan fingerprint density at radius 3 is 2.50 bits per heavy atom. The number of benzene rings is 1. The maximum Gasteiger partial charge on any atom is 0.146 e. The quantitative estimate of drug-likeness (QED) is 0.679. The fraction of sp³-hybridized carbons (Fsp3) is 0.500. The monoisotopic (exact) mass is 193 g/mol. The van der Waals surface area contributed by atoms with Crippen molar-refractivity contribution in [2.45, 2.75) is 38.0 Å². The average molecular weight is 193 g/mol. The lowest BCUT2D eigenvalue weighted by atomic mass is 9.84. The van der Waals surface area contributed by atoms with Crippen molar-refractivity contribution in [2.75, 3.05) is 5.73 Å². The van der Waals surface area contributed by atoms with Crippen LogP contribution in [0, 0.1) is 5.82 Å². The van der Waals surface area contributed by atoms with Gasteiger partial charge in [0.15, 0.2) is 0 Å². The zero-order valence-corrected chi connectivity index (χ0v) is 8.30. The Balaban J connectivity index is 2.18. The standard InChI is InChI=1S/C12H16FN/c13-11-7-6-10(8-12(11)14)9-4-2-1-3-5-9/h6-9H,1-5,14H2. The van der Waals surface area contributed by atoms with Gasteiger partial charge < -0.3 is 5.73 Å². The van der Waals surface area contributed by atoms with Gasteiger partial charge in [0, 0.05) is 0 Å². The summed E-state index contributed by atoms with van der Waals surface area (Å²) in [7, 11) is 0. The van der Waals surface area contributed by atoms with Gasteiger partial charge in [0.2, 0.25) is 0 Å². The molecule has 1 aliphatic carbocycles. The van der Waals surface area contributed by atoms with Crippen molar-refractivity contribution in [1.82, 2.24) is 0 Å². The Labute approximate surface area is 84.1 Å². The highest BCUT2D eigenvalue weighted by molar-refractivity contribution is 5.43. The van der Waals surface area contributed by atoms with E-state index < -0.39 is 0 Å². The minimum absolute atomic E-state index is 0.285. The van der Waals surface area contributed by atoms with Crippen LogP contribution in [-0.4, -0.2) is 0 Å². The van der Waals surface area contributed by atoms with E-state index in [0.717, 1.165) is 0 Å². The van der Waals surface area contributed by atoms with E-state index in [1.165, 1.54) is 43.7 Å². The second kappa shape index (κ2) is 3.99. The van der Waals surface area contributed by atoms with Crippen molar-refractivity contribution < 1.29 is 4.39 Å². The smallest absolute Gasteiger partial charge is 0.146 e. The van der Waals surface area contributed by atoms with E-state index in [9.17, 15) is 4.39 Å². The molecule has 76 valence electrons. The number of halogens is 1. The summed E-state index contributed by atoms with van der Waals surface area (Å²) in [6.07, 6.45) is 6.38. The van der Waals surface area contributed by atoms with E-state index >= 15 is 0 Å². The van der Waals surface area contributed by atoms with Crippen LogP contribution in [0.4, 0.5) is 10.1 Å². The van der Waals surface area contributed by atoms with Crippen LogP contribution < -0.4 is 5.73 Å². The third-order valence-electron chi connectivity index (χ3n) is 3.10. The molecule has 0 spiro atoms. The van der Waals surface area contributed by atoms with Gasteiger partial charge in [-0.05, 0) is 36.5 Å². The summed E-state index contributed by atoms with van der Waals surface area (Å²) in [4.78, 5) is 0. The second-order valence-corrected chi connectivity index (χ2v) is 4.12. The van der Waals surface area contributed by atoms with E-state index in [-0.39, 0.29) is 11.5 Å². The Bertz CT molecular complexity index is 316. The highest BCUT2D eigenvalue weighted by atomic mass is 19.1. The van der Waals surface area contributed by atoms with Crippen LogP contribution in [0.15, 0.2) is 18.2 Å². The first-order valence-corrected chi connectivity index (χ1v) is 5.32. The Hall–Kier alpha value is -1.05. The van der Waals surface area contributed by atoms with Gasteiger partial charge in [-0.3, -0.25) is 0 Å². The fourth-order valence-corrected chi connectivity index (χ4v) is 2.25. The van der Waals surface area contributed by atoms with E-state index in [1.807, 2.05) is 6.07 Å². The maximum atomic E-state index is 12.9. The number of rotatable bonds is 1. The topological polar surface area (TPSA) is 26.0 Å². The van der Waals surface area contributed by atoms with Crippen molar-refractivity contribution in [1.29, 1.82) is 0 Å². The van der Waals surface area contributed by atoms with Gasteiger partial charge in [-0.15, -0.1) is 0 Å². The molecule has 1 fully saturated rings. The third-order valence-corrected chi connectivity index (χ3v) is 3.10. The maximum absolute atomic E-state index is 12.9. The predicted molar refractivity (Wildman–Crippen MR) is 56.6 cm³/mol. The summed E-state index contributed by atoms with van der Waals surface area (Å²) < 4.78 is 12.9. The molecule has 1 nitrogen and oxygen atoms in total. The van der Waals surface area contributed by atoms with Gasteiger partial charge >= 0.3 is 0 Å². The molecule has 2 rings (SSSR count). The third kappa shape index (κ3) is 1.89. The molecule has 0 bridgehead atoms. The molecule has 0 radical (unpaired) electrons. The summed E-state index contributed by atoms with van der Waals surface area (Å²) in [5.41, 5.74) is 7.05. The highest BCUT2D eigenvalue weighted by Gasteiger charge is 2.15. The number of hydrogen-bond acceptors (Lipinski definition) is 1. The molecule has 2 N–H and O–H groups in total. The second-order valence-electron chi connectivity index (χ2n) is 4.12. The molecular weight excluding hydrogens is 177 g/mol. The summed E-state index contributed by atoms with van der Waals surface area (Å²) in [5.74, 6) is 0.302. The van der Waals surface area contributed by atoms with E-state index in [1.54, 1.807) is 6.07 Å². The SMILES string of the molecule is Nc1cc(C2CCCCC2)ccc1F. The first-order chi connectivity index (χ1) is 6.77. The summed E-state index contributed by atoms with van der Waals surface area (Å²) >= 11 is 0. The lowest BCUT2D eigenvalue weighted by molar-refractivity contribution is 0.443.